The van der Waals surface area contributed by atoms with Crippen molar-refractivity contribution in [1.29, 1.82) is 5.26 Å². The number of benzene rings is 2. The van der Waals surface area contributed by atoms with Gasteiger partial charge in [0, 0.05) is 11.4 Å². The molecular formula is C23H23F4N3O2S2. The summed E-state index contributed by atoms with van der Waals surface area (Å²) in [7, 11) is 0. The normalized spacial score (nSPS) is 19.6. The van der Waals surface area contributed by atoms with Crippen LogP contribution < -0.4 is 9.80 Å². The number of nitrogens with zero attached hydrogens (tertiary/aromatic N) is 3. The van der Waals surface area contributed by atoms with Crippen molar-refractivity contribution in [2.24, 2.45) is 0 Å². The molecule has 11 heteroatoms. The van der Waals surface area contributed by atoms with Crippen molar-refractivity contribution in [2.45, 2.75) is 50.9 Å². The van der Waals surface area contributed by atoms with Crippen molar-refractivity contribution in [3.63, 3.8) is 0 Å². The average Bonchev–Trinajstić information content (AvgIpc) is 3.04. The second kappa shape index (κ2) is 10.3. The summed E-state index contributed by atoms with van der Waals surface area (Å²) < 4.78 is 54.9. The quantitative estimate of drug-likeness (QED) is 0.379. The zero-order chi connectivity index (χ0) is 23.2. The van der Waals surface area contributed by atoms with E-state index in [4.69, 9.17) is 5.26 Å². The zero-order valence-corrected chi connectivity index (χ0v) is 20.1. The lowest BCUT2D eigenvalue weighted by Crippen LogP contribution is -2.40. The SMILES string of the molecule is CC(=O)c1ccc(N2C(=O)N(c3ccc(C#N)c(C(F)(F)F)c3)[C@H]3CCCC[C@@H]32)cc1F.S.S. The number of ketones is 1. The summed E-state index contributed by atoms with van der Waals surface area (Å²) >= 11 is 0. The first-order chi connectivity index (χ1) is 15.1. The molecule has 34 heavy (non-hydrogen) atoms. The number of anilines is 2. The molecule has 2 fully saturated rings. The summed E-state index contributed by atoms with van der Waals surface area (Å²) in [5.41, 5.74) is -1.43. The molecule has 182 valence electrons. The van der Waals surface area contributed by atoms with E-state index >= 15 is 0 Å². The molecule has 2 aromatic rings. The van der Waals surface area contributed by atoms with Gasteiger partial charge in [0.05, 0.1) is 34.8 Å². The number of alkyl halides is 3. The van der Waals surface area contributed by atoms with Crippen molar-refractivity contribution >= 4 is 50.2 Å². The van der Waals surface area contributed by atoms with Crippen LogP contribution in [0.1, 0.15) is 54.1 Å². The van der Waals surface area contributed by atoms with E-state index in [1.54, 1.807) is 0 Å². The topological polar surface area (TPSA) is 64.4 Å². The van der Waals surface area contributed by atoms with Crippen LogP contribution in [0.5, 0.6) is 0 Å². The first kappa shape index (κ1) is 27.5. The van der Waals surface area contributed by atoms with Crippen LogP contribution >= 0.6 is 27.0 Å². The van der Waals surface area contributed by atoms with E-state index in [0.717, 1.165) is 31.0 Å². The number of halogens is 4. The average molecular weight is 514 g/mol. The van der Waals surface area contributed by atoms with Crippen LogP contribution in [-0.2, 0) is 6.18 Å². The smallest absolute Gasteiger partial charge is 0.294 e. The van der Waals surface area contributed by atoms with Crippen molar-refractivity contribution < 1.29 is 27.2 Å². The molecule has 0 bridgehead atoms. The number of urea groups is 1. The molecule has 0 spiro atoms. The Labute approximate surface area is 208 Å². The van der Waals surface area contributed by atoms with Crippen molar-refractivity contribution in [2.75, 3.05) is 9.80 Å². The molecule has 1 aliphatic heterocycles. The fourth-order valence-corrected chi connectivity index (χ4v) is 4.65. The number of fused-ring (bicyclic) bond motifs is 1. The van der Waals surface area contributed by atoms with Crippen LogP contribution in [-0.4, -0.2) is 23.9 Å². The Morgan fingerprint density at radius 1 is 1.00 bits per heavy atom. The third-order valence-electron chi connectivity index (χ3n) is 6.09. The van der Waals surface area contributed by atoms with Crippen LogP contribution in [0.2, 0.25) is 0 Å². The molecule has 0 aromatic heterocycles. The third kappa shape index (κ3) is 4.74. The molecule has 0 N–H and O–H groups in total. The van der Waals surface area contributed by atoms with Crippen molar-refractivity contribution in [1.82, 2.24) is 0 Å². The van der Waals surface area contributed by atoms with Gasteiger partial charge in [-0.1, -0.05) is 12.8 Å². The van der Waals surface area contributed by atoms with E-state index in [2.05, 4.69) is 0 Å². The lowest BCUT2D eigenvalue weighted by molar-refractivity contribution is -0.137. The minimum atomic E-state index is -4.75. The van der Waals surface area contributed by atoms with Crippen LogP contribution in [0, 0.1) is 17.1 Å². The molecular weight excluding hydrogens is 490 g/mol. The van der Waals surface area contributed by atoms with Gasteiger partial charge in [-0.2, -0.15) is 45.4 Å². The van der Waals surface area contributed by atoms with Gasteiger partial charge < -0.3 is 0 Å². The molecule has 5 nitrogen and oxygen atoms in total. The van der Waals surface area contributed by atoms with E-state index in [-0.39, 0.29) is 56.0 Å². The largest absolute Gasteiger partial charge is 0.417 e. The number of nitriles is 1. The monoisotopic (exact) mass is 513 g/mol. The summed E-state index contributed by atoms with van der Waals surface area (Å²) in [6.45, 7) is 1.24. The fourth-order valence-electron chi connectivity index (χ4n) is 4.65. The maximum atomic E-state index is 14.5. The van der Waals surface area contributed by atoms with Gasteiger partial charge in [0.2, 0.25) is 0 Å². The highest BCUT2D eigenvalue weighted by Crippen LogP contribution is 2.42. The Bertz CT molecular complexity index is 1150. The van der Waals surface area contributed by atoms with Gasteiger partial charge in [-0.3, -0.25) is 14.6 Å². The highest BCUT2D eigenvalue weighted by molar-refractivity contribution is 7.59. The van der Waals surface area contributed by atoms with Gasteiger partial charge in [-0.15, -0.1) is 0 Å². The van der Waals surface area contributed by atoms with Gasteiger partial charge in [0.25, 0.3) is 0 Å². The Balaban J connectivity index is 0.00000204. The number of rotatable bonds is 3. The van der Waals surface area contributed by atoms with E-state index in [1.807, 2.05) is 0 Å². The number of hydrogen-bond donors (Lipinski definition) is 0. The molecule has 1 saturated heterocycles. The molecule has 0 radical (unpaired) electrons. The molecule has 2 atom stereocenters. The standard InChI is InChI=1S/C23H19F4N3O2.2H2S/c1-13(31)17-9-8-16(11-19(17)24)30-21-5-3-2-4-20(21)29(22(30)32)15-7-6-14(12-28)18(10-15)23(25,26)27;;/h6-11,20-21H,2-5H2,1H3;2*1H2/t20-,21-;;/m0../s1. The van der Waals surface area contributed by atoms with Crippen LogP contribution in [0.4, 0.5) is 33.7 Å². The first-order valence-electron chi connectivity index (χ1n) is 10.2. The fraction of sp³-hybridized carbons (Fsp3) is 0.348. The Hall–Kier alpha value is -2.71. The Kier molecular flexibility index (Phi) is 8.32. The molecule has 2 aliphatic rings. The second-order valence-electron chi connectivity index (χ2n) is 8.00. The third-order valence-corrected chi connectivity index (χ3v) is 6.09. The van der Waals surface area contributed by atoms with Gasteiger partial charge >= 0.3 is 12.2 Å². The highest BCUT2D eigenvalue weighted by atomic mass is 32.1. The minimum absolute atomic E-state index is 0. The molecule has 1 aliphatic carbocycles. The molecule has 0 unspecified atom stereocenters. The van der Waals surface area contributed by atoms with Crippen molar-refractivity contribution in [3.8, 4) is 6.07 Å². The van der Waals surface area contributed by atoms with Crippen LogP contribution in [0.3, 0.4) is 0 Å². The van der Waals surface area contributed by atoms with E-state index < -0.39 is 34.9 Å². The van der Waals surface area contributed by atoms with Gasteiger partial charge in [0.15, 0.2) is 5.78 Å². The maximum Gasteiger partial charge on any atom is 0.417 e. The Morgan fingerprint density at radius 3 is 2.00 bits per heavy atom. The molecule has 4 rings (SSSR count). The first-order valence-corrected chi connectivity index (χ1v) is 10.2. The molecule has 2 amide bonds. The van der Waals surface area contributed by atoms with Crippen LogP contribution in [0.15, 0.2) is 36.4 Å². The number of Topliss-reactive ketones (excluding diaryl/α,β-unsaturated/α-hetero) is 1. The summed E-state index contributed by atoms with van der Waals surface area (Å²) in [5, 5.41) is 9.06. The van der Waals surface area contributed by atoms with Gasteiger partial charge in [-0.05, 0) is 56.2 Å². The van der Waals surface area contributed by atoms with E-state index in [9.17, 15) is 27.2 Å². The van der Waals surface area contributed by atoms with E-state index in [1.165, 1.54) is 41.0 Å². The summed E-state index contributed by atoms with van der Waals surface area (Å²) in [4.78, 5) is 27.7. The highest BCUT2D eigenvalue weighted by Gasteiger charge is 2.48. The Morgan fingerprint density at radius 2 is 1.53 bits per heavy atom. The van der Waals surface area contributed by atoms with Gasteiger partial charge in [-0.25, -0.2) is 9.18 Å². The predicted molar refractivity (Wildman–Crippen MR) is 130 cm³/mol. The minimum Gasteiger partial charge on any atom is -0.294 e. The zero-order valence-electron chi connectivity index (χ0n) is 18.1. The number of carbonyl (C=O) groups is 2. The van der Waals surface area contributed by atoms with Gasteiger partial charge in [0.1, 0.15) is 5.82 Å². The number of amides is 2. The summed E-state index contributed by atoms with van der Waals surface area (Å²) in [5.74, 6) is -1.21. The predicted octanol–water partition coefficient (Wildman–Crippen LogP) is 5.90. The molecule has 1 heterocycles. The number of hydrogen-bond acceptors (Lipinski definition) is 3. The maximum absolute atomic E-state index is 14.5. The lowest BCUT2D eigenvalue weighted by Gasteiger charge is -2.32. The van der Waals surface area contributed by atoms with Crippen molar-refractivity contribution in [3.05, 3.63) is 58.9 Å². The molecule has 1 saturated carbocycles. The molecule has 2 aromatic carbocycles. The summed E-state index contributed by atoms with van der Waals surface area (Å²) in [6.07, 6.45) is -1.92. The van der Waals surface area contributed by atoms with Crippen LogP contribution in [0.25, 0.3) is 0 Å². The summed E-state index contributed by atoms with van der Waals surface area (Å²) in [6, 6.07) is 7.37. The van der Waals surface area contributed by atoms with E-state index in [0.29, 0.717) is 12.8 Å². The number of carbonyl (C=O) groups excluding carboxylic acids is 2. The second-order valence-corrected chi connectivity index (χ2v) is 8.00. The lowest BCUT2D eigenvalue weighted by atomic mass is 9.89.